The number of hydrogen-bond donors (Lipinski definition) is 1. The van der Waals surface area contributed by atoms with E-state index in [0.717, 1.165) is 38.1 Å². The van der Waals surface area contributed by atoms with Crippen LogP contribution in [0.4, 0.5) is 5.69 Å². The molecular formula is C37H58N2. The number of rotatable bonds is 15. The minimum absolute atomic E-state index is 0.418. The molecule has 2 nitrogen and oxygen atoms in total. The summed E-state index contributed by atoms with van der Waals surface area (Å²) < 4.78 is 0. The lowest BCUT2D eigenvalue weighted by molar-refractivity contribution is 0.465. The van der Waals surface area contributed by atoms with Crippen molar-refractivity contribution in [1.29, 1.82) is 0 Å². The Morgan fingerprint density at radius 1 is 1.08 bits per heavy atom. The third-order valence-corrected chi connectivity index (χ3v) is 8.57. The van der Waals surface area contributed by atoms with Gasteiger partial charge in [-0.1, -0.05) is 115 Å². The van der Waals surface area contributed by atoms with E-state index < -0.39 is 0 Å². The molecule has 2 aromatic rings. The zero-order valence-corrected chi connectivity index (χ0v) is 26.2. The van der Waals surface area contributed by atoms with Gasteiger partial charge >= 0.3 is 0 Å². The molecule has 39 heavy (non-hydrogen) atoms. The normalized spacial score (nSPS) is 14.7. The summed E-state index contributed by atoms with van der Waals surface area (Å²) in [4.78, 5) is 2.33. The van der Waals surface area contributed by atoms with E-state index in [1.165, 1.54) is 78.6 Å². The van der Waals surface area contributed by atoms with E-state index in [4.69, 9.17) is 0 Å². The minimum Gasteiger partial charge on any atom is -0.385 e. The predicted molar refractivity (Wildman–Crippen MR) is 176 cm³/mol. The van der Waals surface area contributed by atoms with Gasteiger partial charge in [-0.05, 0) is 79.7 Å². The fraction of sp³-hybridized carbons (Fsp3) is 0.568. The molecule has 0 spiro atoms. The molecule has 2 unspecified atom stereocenters. The van der Waals surface area contributed by atoms with Crippen molar-refractivity contribution in [3.05, 3.63) is 83.6 Å². The lowest BCUT2D eigenvalue weighted by Gasteiger charge is -2.27. The van der Waals surface area contributed by atoms with Crippen LogP contribution in [0.15, 0.2) is 61.3 Å². The van der Waals surface area contributed by atoms with Gasteiger partial charge in [-0.3, -0.25) is 0 Å². The lowest BCUT2D eigenvalue weighted by atomic mass is 9.88. The standard InChI is InChI=1S/C31H46N2.C6H12/c1-8-11-17-28-23-29(21-20-24(28)4)26(6)30(10-3)32-25(5)16-14-15-22-33(7)31-19-13-12-18-27(31)9-2;1-6-4-2-3-5-6/h9,12-13,18-21,23,26,30,32H,2,5,8,10-11,14-17,22H2,1,3-4,6-7H3;6H,2-5H2,1H3. The summed E-state index contributed by atoms with van der Waals surface area (Å²) in [7, 11) is 2.17. The Morgan fingerprint density at radius 3 is 2.41 bits per heavy atom. The molecule has 3 rings (SSSR count). The van der Waals surface area contributed by atoms with Crippen molar-refractivity contribution in [2.75, 3.05) is 18.5 Å². The van der Waals surface area contributed by atoms with Crippen molar-refractivity contribution in [2.24, 2.45) is 5.92 Å². The number of nitrogens with zero attached hydrogens (tertiary/aromatic N) is 1. The number of para-hydroxylation sites is 1. The average Bonchev–Trinajstić information content (AvgIpc) is 3.44. The van der Waals surface area contributed by atoms with E-state index >= 15 is 0 Å². The zero-order valence-electron chi connectivity index (χ0n) is 26.2. The van der Waals surface area contributed by atoms with Gasteiger partial charge in [-0.15, -0.1) is 0 Å². The molecule has 2 heteroatoms. The Labute approximate surface area is 242 Å². The van der Waals surface area contributed by atoms with Crippen LogP contribution in [-0.2, 0) is 6.42 Å². The summed E-state index contributed by atoms with van der Waals surface area (Å²) in [5.41, 5.74) is 7.99. The van der Waals surface area contributed by atoms with Crippen molar-refractivity contribution in [3.63, 3.8) is 0 Å². The molecule has 1 N–H and O–H groups in total. The fourth-order valence-electron chi connectivity index (χ4n) is 5.70. The van der Waals surface area contributed by atoms with Crippen molar-refractivity contribution in [3.8, 4) is 0 Å². The van der Waals surface area contributed by atoms with Gasteiger partial charge in [-0.25, -0.2) is 0 Å². The monoisotopic (exact) mass is 530 g/mol. The smallest absolute Gasteiger partial charge is 0.0436 e. The summed E-state index contributed by atoms with van der Waals surface area (Å²) in [5, 5.41) is 3.76. The molecule has 0 radical (unpaired) electrons. The Balaban J connectivity index is 0.000000780. The number of hydrogen-bond acceptors (Lipinski definition) is 2. The highest BCUT2D eigenvalue weighted by atomic mass is 15.1. The van der Waals surface area contributed by atoms with Crippen LogP contribution in [0, 0.1) is 12.8 Å². The van der Waals surface area contributed by atoms with E-state index in [1.54, 1.807) is 0 Å². The second kappa shape index (κ2) is 18.0. The summed E-state index contributed by atoms with van der Waals surface area (Å²) in [6.45, 7) is 20.8. The largest absolute Gasteiger partial charge is 0.385 e. The first kappa shape index (κ1) is 32.7. The van der Waals surface area contributed by atoms with Crippen LogP contribution in [0.5, 0.6) is 0 Å². The first-order chi connectivity index (χ1) is 18.8. The Bertz CT molecular complexity index is 985. The summed E-state index contributed by atoms with van der Waals surface area (Å²) >= 11 is 0. The number of anilines is 1. The average molecular weight is 531 g/mol. The highest BCUT2D eigenvalue weighted by Crippen LogP contribution is 2.26. The van der Waals surface area contributed by atoms with Crippen LogP contribution in [0.3, 0.4) is 0 Å². The van der Waals surface area contributed by atoms with Gasteiger partial charge in [0, 0.05) is 36.9 Å². The summed E-state index contributed by atoms with van der Waals surface area (Å²) in [6, 6.07) is 15.9. The van der Waals surface area contributed by atoms with Gasteiger partial charge in [-0.2, -0.15) is 0 Å². The van der Waals surface area contributed by atoms with Crippen LogP contribution in [0.2, 0.25) is 0 Å². The van der Waals surface area contributed by atoms with Crippen LogP contribution < -0.4 is 10.2 Å². The maximum absolute atomic E-state index is 4.35. The second-order valence-electron chi connectivity index (χ2n) is 11.9. The molecule has 1 aliphatic rings. The summed E-state index contributed by atoms with van der Waals surface area (Å²) in [5.74, 6) is 1.51. The topological polar surface area (TPSA) is 15.3 Å². The van der Waals surface area contributed by atoms with E-state index in [2.05, 4.69) is 108 Å². The van der Waals surface area contributed by atoms with Crippen LogP contribution >= 0.6 is 0 Å². The number of nitrogens with one attached hydrogen (secondary N) is 1. The van der Waals surface area contributed by atoms with Gasteiger partial charge < -0.3 is 10.2 Å². The van der Waals surface area contributed by atoms with E-state index in [1.807, 2.05) is 6.08 Å². The van der Waals surface area contributed by atoms with Gasteiger partial charge in [0.2, 0.25) is 0 Å². The van der Waals surface area contributed by atoms with Gasteiger partial charge in [0.05, 0.1) is 0 Å². The molecule has 1 saturated carbocycles. The molecule has 0 saturated heterocycles. The predicted octanol–water partition coefficient (Wildman–Crippen LogP) is 10.5. The molecule has 0 amide bonds. The Hall–Kier alpha value is -2.48. The van der Waals surface area contributed by atoms with Crippen molar-refractivity contribution >= 4 is 11.8 Å². The first-order valence-electron chi connectivity index (χ1n) is 15.8. The summed E-state index contributed by atoms with van der Waals surface area (Å²) in [6.07, 6.45) is 16.0. The molecule has 2 aromatic carbocycles. The fourth-order valence-corrected chi connectivity index (χ4v) is 5.70. The number of allylic oxidation sites excluding steroid dienone is 1. The zero-order chi connectivity index (χ0) is 28.6. The molecule has 0 aromatic heterocycles. The molecule has 0 aliphatic heterocycles. The number of aryl methyl sites for hydroxylation is 2. The molecule has 2 atom stereocenters. The van der Waals surface area contributed by atoms with Crippen LogP contribution in [0.25, 0.3) is 6.08 Å². The van der Waals surface area contributed by atoms with Gasteiger partial charge in [0.1, 0.15) is 0 Å². The molecule has 1 aliphatic carbocycles. The molecule has 0 heterocycles. The Morgan fingerprint density at radius 2 is 1.79 bits per heavy atom. The van der Waals surface area contributed by atoms with Gasteiger partial charge in [0.15, 0.2) is 0 Å². The quantitative estimate of drug-likeness (QED) is 0.230. The molecule has 1 fully saturated rings. The maximum atomic E-state index is 4.35. The SMILES string of the molecule is C=Cc1ccccc1N(C)CCCCC(=C)NC(CC)C(C)c1ccc(C)c(CCCC)c1.CC1CCCC1. The third kappa shape index (κ3) is 11.3. The number of benzene rings is 2. The van der Waals surface area contributed by atoms with Crippen molar-refractivity contribution in [1.82, 2.24) is 5.32 Å². The third-order valence-electron chi connectivity index (χ3n) is 8.57. The first-order valence-corrected chi connectivity index (χ1v) is 15.8. The molecule has 216 valence electrons. The van der Waals surface area contributed by atoms with E-state index in [-0.39, 0.29) is 0 Å². The van der Waals surface area contributed by atoms with E-state index in [0.29, 0.717) is 12.0 Å². The second-order valence-corrected chi connectivity index (χ2v) is 11.9. The van der Waals surface area contributed by atoms with Gasteiger partial charge in [0.25, 0.3) is 0 Å². The minimum atomic E-state index is 0.418. The van der Waals surface area contributed by atoms with Crippen molar-refractivity contribution < 1.29 is 0 Å². The highest BCUT2D eigenvalue weighted by Gasteiger charge is 2.18. The number of unbranched alkanes of at least 4 members (excludes halogenated alkanes) is 2. The highest BCUT2D eigenvalue weighted by molar-refractivity contribution is 5.66. The van der Waals surface area contributed by atoms with Crippen molar-refractivity contribution in [2.45, 2.75) is 117 Å². The lowest BCUT2D eigenvalue weighted by Crippen LogP contribution is -2.32. The molecular weight excluding hydrogens is 472 g/mol. The molecule has 0 bridgehead atoms. The van der Waals surface area contributed by atoms with Crippen LogP contribution in [-0.4, -0.2) is 19.6 Å². The Kier molecular flexibility index (Phi) is 15.1. The maximum Gasteiger partial charge on any atom is 0.0436 e. The van der Waals surface area contributed by atoms with E-state index in [9.17, 15) is 0 Å². The van der Waals surface area contributed by atoms with Crippen LogP contribution in [0.1, 0.15) is 120 Å².